The summed E-state index contributed by atoms with van der Waals surface area (Å²) >= 11 is 0. The predicted octanol–water partition coefficient (Wildman–Crippen LogP) is 0.863. The fraction of sp³-hybridized carbons (Fsp3) is 1.00. The van der Waals surface area contributed by atoms with Crippen LogP contribution in [0, 0.1) is 0 Å². The highest BCUT2D eigenvalue weighted by molar-refractivity contribution is 6.74. The normalized spacial score (nSPS) is 13.6. The number of rotatable bonds is 4. The van der Waals surface area contributed by atoms with Gasteiger partial charge in [0, 0.05) is 0 Å². The fourth-order valence-corrected chi connectivity index (χ4v) is 1.95. The van der Waals surface area contributed by atoms with E-state index >= 15 is 0 Å². The van der Waals surface area contributed by atoms with E-state index in [-0.39, 0.29) is 5.04 Å². The fourth-order valence-electron chi connectivity index (χ4n) is 0.649. The summed E-state index contributed by atoms with van der Waals surface area (Å²) in [7, 11) is -1.68. The lowest BCUT2D eigenvalue weighted by Crippen LogP contribution is -2.47. The lowest BCUT2D eigenvalue weighted by molar-refractivity contribution is 0.296. The van der Waals surface area contributed by atoms with Gasteiger partial charge >= 0.3 is 0 Å². The first-order chi connectivity index (χ1) is 4.87. The number of hydrogen-bond donors (Lipinski definition) is 2. The molecule has 0 heterocycles. The molecule has 4 N–H and O–H groups in total. The largest absolute Gasteiger partial charge is 0.405 e. The second kappa shape index (κ2) is 3.67. The van der Waals surface area contributed by atoms with Gasteiger partial charge in [0.1, 0.15) is 0 Å². The molecule has 3 nitrogen and oxygen atoms in total. The molecule has 4 heteroatoms. The quantitative estimate of drug-likeness (QED) is 0.493. The van der Waals surface area contributed by atoms with Gasteiger partial charge in [-0.1, -0.05) is 13.8 Å². The Morgan fingerprint density at radius 1 is 1.27 bits per heavy atom. The van der Waals surface area contributed by atoms with Gasteiger partial charge in [0.2, 0.25) is 0 Å². The van der Waals surface area contributed by atoms with E-state index in [0.29, 0.717) is 13.3 Å². The van der Waals surface area contributed by atoms with Crippen molar-refractivity contribution in [3.63, 3.8) is 0 Å². The molecule has 0 unspecified atom stereocenters. The molecular formula is C7H20N2OSi. The molecule has 0 saturated heterocycles. The highest BCUT2D eigenvalue weighted by atomic mass is 28.4. The first kappa shape index (κ1) is 11.1. The Labute approximate surface area is 70.2 Å². The summed E-state index contributed by atoms with van der Waals surface area (Å²) in [5, 5.41) is 0.104. The molecule has 0 aromatic carbocycles. The van der Waals surface area contributed by atoms with Crippen LogP contribution in [0.15, 0.2) is 0 Å². The smallest absolute Gasteiger partial charge is 0.195 e. The predicted molar refractivity (Wildman–Crippen MR) is 50.7 cm³/mol. The topological polar surface area (TPSA) is 61.3 Å². The maximum Gasteiger partial charge on any atom is 0.195 e. The van der Waals surface area contributed by atoms with Crippen LogP contribution in [0.25, 0.3) is 0 Å². The van der Waals surface area contributed by atoms with Crippen LogP contribution in [-0.4, -0.2) is 21.6 Å². The van der Waals surface area contributed by atoms with Gasteiger partial charge in [-0.3, -0.25) is 0 Å². The molecule has 0 atom stereocenters. The molecule has 0 saturated carbocycles. The molecule has 68 valence electrons. The van der Waals surface area contributed by atoms with Crippen LogP contribution in [0.5, 0.6) is 0 Å². The van der Waals surface area contributed by atoms with Crippen LogP contribution in [0.2, 0.25) is 18.1 Å². The number of hydrogen-bond acceptors (Lipinski definition) is 3. The molecule has 0 fully saturated rings. The zero-order valence-electron chi connectivity index (χ0n) is 7.98. The van der Waals surface area contributed by atoms with Gasteiger partial charge in [0.25, 0.3) is 0 Å². The molecule has 0 bridgehead atoms. The van der Waals surface area contributed by atoms with Crippen molar-refractivity contribution in [1.82, 2.24) is 0 Å². The van der Waals surface area contributed by atoms with Crippen LogP contribution in [-0.2, 0) is 4.43 Å². The summed E-state index contributed by atoms with van der Waals surface area (Å²) < 4.78 is 5.52. The highest BCUT2D eigenvalue weighted by Crippen LogP contribution is 2.35. The Bertz CT molecular complexity index is 126. The van der Waals surface area contributed by atoms with Crippen LogP contribution in [0.3, 0.4) is 0 Å². The molecule has 0 rings (SSSR count). The van der Waals surface area contributed by atoms with Crippen LogP contribution >= 0.6 is 0 Å². The van der Waals surface area contributed by atoms with Crippen molar-refractivity contribution in [1.29, 1.82) is 0 Å². The molecule has 0 aliphatic heterocycles. The minimum Gasteiger partial charge on any atom is -0.405 e. The Morgan fingerprint density at radius 3 is 2.00 bits per heavy atom. The van der Waals surface area contributed by atoms with Crippen molar-refractivity contribution >= 4 is 8.32 Å². The zero-order valence-corrected chi connectivity index (χ0v) is 8.98. The Hall–Kier alpha value is 0.0969. The van der Waals surface area contributed by atoms with E-state index in [1.54, 1.807) is 0 Å². The van der Waals surface area contributed by atoms with Gasteiger partial charge < -0.3 is 15.9 Å². The molecule has 0 aliphatic carbocycles. The van der Waals surface area contributed by atoms with E-state index in [1.165, 1.54) is 0 Å². The highest BCUT2D eigenvalue weighted by Gasteiger charge is 2.39. The molecule has 0 amide bonds. The minimum absolute atomic E-state index is 0.104. The van der Waals surface area contributed by atoms with E-state index in [0.717, 1.165) is 0 Å². The van der Waals surface area contributed by atoms with Crippen LogP contribution < -0.4 is 11.5 Å². The number of nitrogens with two attached hydrogens (primary N) is 2. The minimum atomic E-state index is -1.68. The van der Waals surface area contributed by atoms with E-state index in [2.05, 4.69) is 26.9 Å². The van der Waals surface area contributed by atoms with Gasteiger partial charge in [-0.2, -0.15) is 0 Å². The van der Waals surface area contributed by atoms with Gasteiger partial charge in [-0.15, -0.1) is 0 Å². The van der Waals surface area contributed by atoms with E-state index in [4.69, 9.17) is 15.9 Å². The zero-order chi connectivity index (χ0) is 9.12. The summed E-state index contributed by atoms with van der Waals surface area (Å²) in [6.07, 6.45) is 0. The lowest BCUT2D eigenvalue weighted by Gasteiger charge is -2.37. The van der Waals surface area contributed by atoms with Gasteiger partial charge in [-0.25, -0.2) is 0 Å². The van der Waals surface area contributed by atoms with Crippen molar-refractivity contribution in [2.75, 3.05) is 13.3 Å². The molecule has 0 radical (unpaired) electrons. The summed E-state index contributed by atoms with van der Waals surface area (Å²) in [4.78, 5) is 0. The van der Waals surface area contributed by atoms with Crippen molar-refractivity contribution in [3.8, 4) is 0 Å². The third kappa shape index (κ3) is 2.55. The monoisotopic (exact) mass is 176 g/mol. The average molecular weight is 176 g/mol. The van der Waals surface area contributed by atoms with E-state index in [9.17, 15) is 0 Å². The van der Waals surface area contributed by atoms with Crippen molar-refractivity contribution in [2.24, 2.45) is 11.5 Å². The van der Waals surface area contributed by atoms with Gasteiger partial charge in [0.05, 0.1) is 6.73 Å². The second-order valence-corrected chi connectivity index (χ2v) is 8.57. The lowest BCUT2D eigenvalue weighted by atomic mass is 10.2. The van der Waals surface area contributed by atoms with Crippen molar-refractivity contribution in [3.05, 3.63) is 0 Å². The van der Waals surface area contributed by atoms with E-state index < -0.39 is 8.32 Å². The summed E-state index contributed by atoms with van der Waals surface area (Å²) in [6.45, 7) is 9.53. The first-order valence-electron chi connectivity index (χ1n) is 3.91. The maximum absolute atomic E-state index is 5.64. The standard InChI is InChI=1S/C7H20N2OSi/c1-7(2,5-8)11(3,4)10-6-9/h5-6,8-9H2,1-4H3. The molecule has 11 heavy (non-hydrogen) atoms. The van der Waals surface area contributed by atoms with E-state index in [1.807, 2.05) is 0 Å². The summed E-state index contributed by atoms with van der Waals surface area (Å²) in [5.74, 6) is 0. The Balaban J connectivity index is 4.26. The van der Waals surface area contributed by atoms with Crippen LogP contribution in [0.4, 0.5) is 0 Å². The summed E-state index contributed by atoms with van der Waals surface area (Å²) in [5.41, 5.74) is 11.0. The molecule has 0 aromatic heterocycles. The third-order valence-electron chi connectivity index (χ3n) is 2.58. The molecule has 0 aliphatic rings. The summed E-state index contributed by atoms with van der Waals surface area (Å²) in [6, 6.07) is 0. The maximum atomic E-state index is 5.64. The average Bonchev–Trinajstić information content (AvgIpc) is 1.87. The Kier molecular flexibility index (Phi) is 3.70. The third-order valence-corrected chi connectivity index (χ3v) is 6.94. The first-order valence-corrected chi connectivity index (χ1v) is 6.82. The van der Waals surface area contributed by atoms with Gasteiger partial charge in [-0.05, 0) is 24.7 Å². The van der Waals surface area contributed by atoms with Crippen molar-refractivity contribution in [2.45, 2.75) is 32.0 Å². The van der Waals surface area contributed by atoms with Gasteiger partial charge in [0.15, 0.2) is 8.32 Å². The Morgan fingerprint density at radius 2 is 1.73 bits per heavy atom. The van der Waals surface area contributed by atoms with Crippen LogP contribution in [0.1, 0.15) is 13.8 Å². The second-order valence-electron chi connectivity index (χ2n) is 3.91. The molecule has 0 spiro atoms. The molecular weight excluding hydrogens is 156 g/mol. The molecule has 0 aromatic rings. The van der Waals surface area contributed by atoms with Crippen molar-refractivity contribution < 1.29 is 4.43 Å². The SMILES string of the molecule is CC(C)(CN)[Si](C)(C)OCN.